The zero-order valence-electron chi connectivity index (χ0n) is 10.5. The molecule has 1 atom stereocenters. The Hall–Kier alpha value is -1.36. The smallest absolute Gasteiger partial charge is 0.307 e. The van der Waals surface area contributed by atoms with Crippen LogP contribution in [0.4, 0.5) is 0 Å². The van der Waals surface area contributed by atoms with E-state index in [1.165, 1.54) is 5.56 Å². The highest BCUT2D eigenvalue weighted by molar-refractivity contribution is 9.10. The molecule has 102 valence electrons. The number of piperidine rings is 1. The number of aliphatic carboxylic acids is 1. The van der Waals surface area contributed by atoms with Crippen molar-refractivity contribution in [1.29, 1.82) is 0 Å². The van der Waals surface area contributed by atoms with E-state index in [1.807, 2.05) is 24.3 Å². The standard InChI is InChI=1S/C14H16BrNO3/c15-12-3-1-10(2-4-12)5-7-16-8-6-11(14(18)19)9-13(16)17/h1-4,11H,5-9H2,(H,18,19). The Labute approximate surface area is 120 Å². The molecular formula is C14H16BrNO3. The Morgan fingerprint density at radius 2 is 2.05 bits per heavy atom. The first kappa shape index (κ1) is 14.1. The maximum absolute atomic E-state index is 11.8. The highest BCUT2D eigenvalue weighted by atomic mass is 79.9. The van der Waals surface area contributed by atoms with Crippen LogP contribution >= 0.6 is 15.9 Å². The van der Waals surface area contributed by atoms with Crippen LogP contribution in [0.15, 0.2) is 28.7 Å². The SMILES string of the molecule is O=C(O)C1CCN(CCc2ccc(Br)cc2)C(=O)C1. The molecule has 1 aromatic rings. The molecule has 1 heterocycles. The number of nitrogens with zero attached hydrogens (tertiary/aromatic N) is 1. The third-order valence-corrected chi connectivity index (χ3v) is 3.98. The summed E-state index contributed by atoms with van der Waals surface area (Å²) in [6.45, 7) is 1.21. The van der Waals surface area contributed by atoms with Gasteiger partial charge in [0.15, 0.2) is 0 Å². The van der Waals surface area contributed by atoms with Gasteiger partial charge in [-0.1, -0.05) is 28.1 Å². The molecule has 1 aliphatic heterocycles. The highest BCUT2D eigenvalue weighted by Gasteiger charge is 2.29. The number of likely N-dealkylation sites (tertiary alicyclic amines) is 1. The summed E-state index contributed by atoms with van der Waals surface area (Å²) in [5.74, 6) is -1.41. The highest BCUT2D eigenvalue weighted by Crippen LogP contribution is 2.19. The van der Waals surface area contributed by atoms with E-state index in [1.54, 1.807) is 4.90 Å². The largest absolute Gasteiger partial charge is 0.481 e. The van der Waals surface area contributed by atoms with E-state index < -0.39 is 11.9 Å². The van der Waals surface area contributed by atoms with E-state index in [0.717, 1.165) is 10.9 Å². The second kappa shape index (κ2) is 6.19. The van der Waals surface area contributed by atoms with Gasteiger partial charge in [-0.2, -0.15) is 0 Å². The van der Waals surface area contributed by atoms with E-state index >= 15 is 0 Å². The van der Waals surface area contributed by atoms with Gasteiger partial charge in [-0.3, -0.25) is 9.59 Å². The van der Waals surface area contributed by atoms with Crippen LogP contribution in [0.2, 0.25) is 0 Å². The summed E-state index contributed by atoms with van der Waals surface area (Å²) >= 11 is 3.38. The number of halogens is 1. The maximum atomic E-state index is 11.8. The van der Waals surface area contributed by atoms with Crippen LogP contribution in [-0.4, -0.2) is 35.0 Å². The predicted octanol–water partition coefficient (Wildman–Crippen LogP) is 2.31. The molecule has 0 bridgehead atoms. The lowest BCUT2D eigenvalue weighted by Crippen LogP contribution is -2.41. The Kier molecular flexibility index (Phi) is 4.58. The van der Waals surface area contributed by atoms with Crippen molar-refractivity contribution < 1.29 is 14.7 Å². The molecule has 1 saturated heterocycles. The fraction of sp³-hybridized carbons (Fsp3) is 0.429. The summed E-state index contributed by atoms with van der Waals surface area (Å²) in [5, 5.41) is 8.90. The van der Waals surface area contributed by atoms with Crippen LogP contribution in [0.5, 0.6) is 0 Å². The van der Waals surface area contributed by atoms with E-state index in [0.29, 0.717) is 19.5 Å². The lowest BCUT2D eigenvalue weighted by atomic mass is 9.96. The van der Waals surface area contributed by atoms with Crippen molar-refractivity contribution in [3.8, 4) is 0 Å². The fourth-order valence-electron chi connectivity index (χ4n) is 2.24. The predicted molar refractivity (Wildman–Crippen MR) is 74.8 cm³/mol. The van der Waals surface area contributed by atoms with Crippen molar-refractivity contribution >= 4 is 27.8 Å². The van der Waals surface area contributed by atoms with Gasteiger partial charge in [0.05, 0.1) is 5.92 Å². The van der Waals surface area contributed by atoms with Crippen LogP contribution in [0.1, 0.15) is 18.4 Å². The Morgan fingerprint density at radius 3 is 2.63 bits per heavy atom. The first-order valence-electron chi connectivity index (χ1n) is 6.31. The molecule has 0 radical (unpaired) electrons. The van der Waals surface area contributed by atoms with Gasteiger partial charge in [0.2, 0.25) is 5.91 Å². The fourth-order valence-corrected chi connectivity index (χ4v) is 2.51. The number of carbonyl (C=O) groups excluding carboxylic acids is 1. The molecule has 1 aromatic carbocycles. The third-order valence-electron chi connectivity index (χ3n) is 3.45. The van der Waals surface area contributed by atoms with Crippen molar-refractivity contribution in [3.63, 3.8) is 0 Å². The van der Waals surface area contributed by atoms with Crippen molar-refractivity contribution in [2.45, 2.75) is 19.3 Å². The molecule has 19 heavy (non-hydrogen) atoms. The molecule has 0 aromatic heterocycles. The van der Waals surface area contributed by atoms with E-state index in [2.05, 4.69) is 15.9 Å². The summed E-state index contributed by atoms with van der Waals surface area (Å²) in [5.41, 5.74) is 1.18. The zero-order chi connectivity index (χ0) is 13.8. The Balaban J connectivity index is 1.85. The molecule has 1 aliphatic rings. The molecule has 1 N–H and O–H groups in total. The number of hydrogen-bond donors (Lipinski definition) is 1. The average Bonchev–Trinajstić information content (AvgIpc) is 2.39. The quantitative estimate of drug-likeness (QED) is 0.924. The van der Waals surface area contributed by atoms with Gasteiger partial charge in [-0.25, -0.2) is 0 Å². The molecule has 1 fully saturated rings. The average molecular weight is 326 g/mol. The number of amides is 1. The molecule has 0 saturated carbocycles. The van der Waals surface area contributed by atoms with Gasteiger partial charge < -0.3 is 10.0 Å². The van der Waals surface area contributed by atoms with Gasteiger partial charge in [-0.05, 0) is 30.5 Å². The summed E-state index contributed by atoms with van der Waals surface area (Å²) in [4.78, 5) is 24.4. The number of carboxylic acid groups (broad SMARTS) is 1. The molecule has 4 nitrogen and oxygen atoms in total. The minimum Gasteiger partial charge on any atom is -0.481 e. The minimum atomic E-state index is -0.860. The first-order chi connectivity index (χ1) is 9.06. The van der Waals surface area contributed by atoms with Crippen LogP contribution < -0.4 is 0 Å². The molecule has 1 amide bonds. The summed E-state index contributed by atoms with van der Waals surface area (Å²) in [6.07, 6.45) is 1.49. The topological polar surface area (TPSA) is 57.6 Å². The van der Waals surface area contributed by atoms with E-state index in [4.69, 9.17) is 5.11 Å². The van der Waals surface area contributed by atoms with Crippen LogP contribution in [0.25, 0.3) is 0 Å². The van der Waals surface area contributed by atoms with Gasteiger partial charge in [0, 0.05) is 24.0 Å². The molecular weight excluding hydrogens is 310 g/mol. The Morgan fingerprint density at radius 1 is 1.37 bits per heavy atom. The van der Waals surface area contributed by atoms with Gasteiger partial charge in [0.25, 0.3) is 0 Å². The molecule has 0 spiro atoms. The lowest BCUT2D eigenvalue weighted by Gasteiger charge is -2.30. The number of benzene rings is 1. The first-order valence-corrected chi connectivity index (χ1v) is 7.10. The van der Waals surface area contributed by atoms with Crippen molar-refractivity contribution in [1.82, 2.24) is 4.90 Å². The molecule has 5 heteroatoms. The third kappa shape index (κ3) is 3.80. The second-order valence-electron chi connectivity index (χ2n) is 4.79. The van der Waals surface area contributed by atoms with Crippen LogP contribution in [-0.2, 0) is 16.0 Å². The lowest BCUT2D eigenvalue weighted by molar-refractivity contribution is -0.149. The van der Waals surface area contributed by atoms with E-state index in [-0.39, 0.29) is 12.3 Å². The monoisotopic (exact) mass is 325 g/mol. The Bertz CT molecular complexity index is 472. The molecule has 2 rings (SSSR count). The van der Waals surface area contributed by atoms with Crippen molar-refractivity contribution in [3.05, 3.63) is 34.3 Å². The summed E-state index contributed by atoms with van der Waals surface area (Å²) in [6, 6.07) is 8.01. The van der Waals surface area contributed by atoms with Crippen molar-refractivity contribution in [2.75, 3.05) is 13.1 Å². The van der Waals surface area contributed by atoms with Gasteiger partial charge >= 0.3 is 5.97 Å². The van der Waals surface area contributed by atoms with Crippen LogP contribution in [0, 0.1) is 5.92 Å². The number of rotatable bonds is 4. The van der Waals surface area contributed by atoms with Gasteiger partial charge in [-0.15, -0.1) is 0 Å². The number of hydrogen-bond acceptors (Lipinski definition) is 2. The number of carboxylic acids is 1. The van der Waals surface area contributed by atoms with Crippen LogP contribution in [0.3, 0.4) is 0 Å². The summed E-state index contributed by atoms with van der Waals surface area (Å²) < 4.78 is 1.04. The second-order valence-corrected chi connectivity index (χ2v) is 5.70. The summed E-state index contributed by atoms with van der Waals surface area (Å²) in [7, 11) is 0. The molecule has 0 aliphatic carbocycles. The van der Waals surface area contributed by atoms with Crippen molar-refractivity contribution in [2.24, 2.45) is 5.92 Å². The normalized spacial score (nSPS) is 19.5. The minimum absolute atomic E-state index is 0.0456. The maximum Gasteiger partial charge on any atom is 0.307 e. The van der Waals surface area contributed by atoms with E-state index in [9.17, 15) is 9.59 Å². The number of carbonyl (C=O) groups is 2. The molecule has 1 unspecified atom stereocenters. The van der Waals surface area contributed by atoms with Gasteiger partial charge in [0.1, 0.15) is 0 Å². The zero-order valence-corrected chi connectivity index (χ0v) is 12.1.